The first-order valence-corrected chi connectivity index (χ1v) is 13.8. The van der Waals surface area contributed by atoms with Gasteiger partial charge in [0, 0.05) is 23.5 Å². The lowest BCUT2D eigenvalue weighted by Gasteiger charge is -2.25. The van der Waals surface area contributed by atoms with Crippen molar-refractivity contribution in [2.75, 3.05) is 0 Å². The number of phenols is 1. The first-order valence-electron chi connectivity index (χ1n) is 13.8. The van der Waals surface area contributed by atoms with Gasteiger partial charge in [0.25, 0.3) is 0 Å². The Hall–Kier alpha value is -4.91. The van der Waals surface area contributed by atoms with E-state index < -0.39 is 60.2 Å². The minimum atomic E-state index is -1.63. The monoisotopic (exact) mass is 595 g/mol. The number of carboxylic acids is 2. The maximum Gasteiger partial charge on any atom is 0.326 e. The van der Waals surface area contributed by atoms with Crippen LogP contribution in [0.2, 0.25) is 0 Å². The van der Waals surface area contributed by atoms with Gasteiger partial charge in [-0.15, -0.1) is 0 Å². The topological polar surface area (TPSA) is 224 Å². The van der Waals surface area contributed by atoms with Crippen molar-refractivity contribution in [3.05, 3.63) is 65.9 Å². The second-order valence-electron chi connectivity index (χ2n) is 10.8. The van der Waals surface area contributed by atoms with Crippen molar-refractivity contribution in [2.45, 2.75) is 63.7 Å². The molecule has 3 aromatic rings. The molecule has 0 aliphatic carbocycles. The molecule has 0 bridgehead atoms. The fourth-order valence-electron chi connectivity index (χ4n) is 4.61. The number of carboxylic acid groups (broad SMARTS) is 2. The molecule has 0 aliphatic rings. The average Bonchev–Trinajstić information content (AvgIpc) is 3.35. The summed E-state index contributed by atoms with van der Waals surface area (Å²) >= 11 is 0. The van der Waals surface area contributed by atoms with Crippen LogP contribution in [-0.4, -0.2) is 74.1 Å². The summed E-state index contributed by atoms with van der Waals surface area (Å²) < 4.78 is 0. The number of aromatic nitrogens is 1. The van der Waals surface area contributed by atoms with Crippen LogP contribution in [0.3, 0.4) is 0 Å². The Morgan fingerprint density at radius 1 is 0.814 bits per heavy atom. The van der Waals surface area contributed by atoms with E-state index in [9.17, 15) is 39.3 Å². The van der Waals surface area contributed by atoms with Gasteiger partial charge in [-0.25, -0.2) is 4.79 Å². The molecule has 0 saturated heterocycles. The molecule has 1 heterocycles. The number of H-pyrrole nitrogens is 1. The molecular weight excluding hydrogens is 558 g/mol. The molecule has 3 rings (SSSR count). The number of amides is 3. The number of aliphatic carboxylic acids is 2. The maximum atomic E-state index is 13.4. The van der Waals surface area contributed by atoms with E-state index >= 15 is 0 Å². The Kier molecular flexibility index (Phi) is 11.2. The number of hydrogen-bond donors (Lipinski definition) is 8. The molecule has 13 heteroatoms. The first-order chi connectivity index (χ1) is 20.3. The first kappa shape index (κ1) is 32.6. The zero-order chi connectivity index (χ0) is 31.7. The fourth-order valence-corrected chi connectivity index (χ4v) is 4.61. The smallest absolute Gasteiger partial charge is 0.326 e. The van der Waals surface area contributed by atoms with E-state index in [2.05, 4.69) is 20.9 Å². The normalized spacial score (nSPS) is 14.0. The number of carbonyl (C=O) groups excluding carboxylic acids is 3. The molecule has 43 heavy (non-hydrogen) atoms. The van der Waals surface area contributed by atoms with Crippen LogP contribution in [0.5, 0.6) is 5.75 Å². The summed E-state index contributed by atoms with van der Waals surface area (Å²) in [5.74, 6) is -5.34. The van der Waals surface area contributed by atoms with Crippen LogP contribution in [-0.2, 0) is 36.8 Å². The van der Waals surface area contributed by atoms with Crippen LogP contribution in [0.4, 0.5) is 0 Å². The van der Waals surface area contributed by atoms with E-state index in [-0.39, 0.29) is 30.9 Å². The molecule has 13 nitrogen and oxygen atoms in total. The number of phenolic OH excluding ortho intramolecular Hbond substituents is 1. The number of aromatic amines is 1. The molecule has 2 aromatic carbocycles. The van der Waals surface area contributed by atoms with Crippen molar-refractivity contribution in [3.8, 4) is 5.75 Å². The van der Waals surface area contributed by atoms with Crippen LogP contribution in [0.1, 0.15) is 37.8 Å². The number of nitrogens with two attached hydrogens (primary N) is 1. The van der Waals surface area contributed by atoms with Crippen molar-refractivity contribution < 1.29 is 39.3 Å². The predicted molar refractivity (Wildman–Crippen MR) is 157 cm³/mol. The summed E-state index contributed by atoms with van der Waals surface area (Å²) in [6, 6.07) is 8.10. The third kappa shape index (κ3) is 9.57. The number of aromatic hydroxyl groups is 1. The lowest BCUT2D eigenvalue weighted by atomic mass is 10.0. The number of fused-ring (bicyclic) bond motifs is 1. The fraction of sp³-hybridized carbons (Fsp3) is 0.367. The molecule has 1 aromatic heterocycles. The molecule has 4 unspecified atom stereocenters. The molecule has 0 aliphatic heterocycles. The highest BCUT2D eigenvalue weighted by molar-refractivity contribution is 5.96. The van der Waals surface area contributed by atoms with Crippen molar-refractivity contribution in [3.63, 3.8) is 0 Å². The molecule has 9 N–H and O–H groups in total. The molecule has 4 atom stereocenters. The van der Waals surface area contributed by atoms with Gasteiger partial charge in [-0.1, -0.05) is 44.2 Å². The van der Waals surface area contributed by atoms with Gasteiger partial charge in [0.1, 0.15) is 23.9 Å². The van der Waals surface area contributed by atoms with Crippen LogP contribution in [0, 0.1) is 5.92 Å². The van der Waals surface area contributed by atoms with Gasteiger partial charge in [-0.2, -0.15) is 0 Å². The zero-order valence-corrected chi connectivity index (χ0v) is 23.9. The van der Waals surface area contributed by atoms with Crippen molar-refractivity contribution in [2.24, 2.45) is 11.7 Å². The quantitative estimate of drug-likeness (QED) is 0.125. The summed E-state index contributed by atoms with van der Waals surface area (Å²) in [7, 11) is 0. The SMILES string of the molecule is CC(C)CC(NC(=O)C(CC(=O)O)NC(=O)C(Cc1ccc(O)cc1)NC(=O)C(N)Cc1c[nH]c2ccccc12)C(=O)O. The number of carbonyl (C=O) groups is 5. The van der Waals surface area contributed by atoms with Crippen LogP contribution >= 0.6 is 0 Å². The Morgan fingerprint density at radius 3 is 2.05 bits per heavy atom. The van der Waals surface area contributed by atoms with Gasteiger partial charge in [0.15, 0.2) is 0 Å². The Labute approximate surface area is 247 Å². The maximum absolute atomic E-state index is 13.4. The van der Waals surface area contributed by atoms with E-state index in [1.807, 2.05) is 24.3 Å². The van der Waals surface area contributed by atoms with Gasteiger partial charge in [-0.05, 0) is 48.1 Å². The summed E-state index contributed by atoms with van der Waals surface area (Å²) in [5.41, 5.74) is 8.43. The van der Waals surface area contributed by atoms with Gasteiger partial charge in [0.05, 0.1) is 12.5 Å². The molecule has 230 valence electrons. The van der Waals surface area contributed by atoms with E-state index in [1.165, 1.54) is 12.1 Å². The molecule has 3 amide bonds. The van der Waals surface area contributed by atoms with Crippen molar-refractivity contribution in [1.29, 1.82) is 0 Å². The molecule has 0 radical (unpaired) electrons. The predicted octanol–water partition coefficient (Wildman–Crippen LogP) is 1.05. The Bertz CT molecular complexity index is 1450. The summed E-state index contributed by atoms with van der Waals surface area (Å²) in [5, 5.41) is 36.7. The number of para-hydroxylation sites is 1. The number of benzene rings is 2. The Morgan fingerprint density at radius 2 is 1.42 bits per heavy atom. The van der Waals surface area contributed by atoms with Crippen molar-refractivity contribution >= 4 is 40.6 Å². The van der Waals surface area contributed by atoms with E-state index in [0.717, 1.165) is 16.5 Å². The molecule has 0 saturated carbocycles. The standard InChI is InChI=1S/C30H37N5O8/c1-16(2)11-25(30(42)43)35-29(41)24(14-26(37)38)34-28(40)23(12-17-7-9-19(36)10-8-17)33-27(39)21(31)13-18-15-32-22-6-4-3-5-20(18)22/h3-10,15-16,21,23-25,32,36H,11-14,31H2,1-2H3,(H,33,39)(H,34,40)(H,35,41)(H,37,38)(H,42,43). The van der Waals surface area contributed by atoms with Gasteiger partial charge < -0.3 is 42.0 Å². The second-order valence-corrected chi connectivity index (χ2v) is 10.8. The lowest BCUT2D eigenvalue weighted by molar-refractivity contribution is -0.144. The van der Waals surface area contributed by atoms with Gasteiger partial charge in [-0.3, -0.25) is 19.2 Å². The summed E-state index contributed by atoms with van der Waals surface area (Å²) in [6.07, 6.45) is 1.08. The highest BCUT2D eigenvalue weighted by Gasteiger charge is 2.32. The van der Waals surface area contributed by atoms with E-state index in [1.54, 1.807) is 32.2 Å². The zero-order valence-electron chi connectivity index (χ0n) is 23.9. The minimum absolute atomic E-state index is 0.0119. The highest BCUT2D eigenvalue weighted by atomic mass is 16.4. The van der Waals surface area contributed by atoms with Crippen LogP contribution < -0.4 is 21.7 Å². The number of hydrogen-bond acceptors (Lipinski definition) is 7. The van der Waals surface area contributed by atoms with E-state index in [4.69, 9.17) is 5.73 Å². The van der Waals surface area contributed by atoms with Gasteiger partial charge in [0.2, 0.25) is 17.7 Å². The summed E-state index contributed by atoms with van der Waals surface area (Å²) in [4.78, 5) is 65.9. The summed E-state index contributed by atoms with van der Waals surface area (Å²) in [6.45, 7) is 3.52. The van der Waals surface area contributed by atoms with Crippen molar-refractivity contribution in [1.82, 2.24) is 20.9 Å². The van der Waals surface area contributed by atoms with Gasteiger partial charge >= 0.3 is 11.9 Å². The number of rotatable bonds is 15. The van der Waals surface area contributed by atoms with Crippen LogP contribution in [0.15, 0.2) is 54.7 Å². The minimum Gasteiger partial charge on any atom is -0.508 e. The Balaban J connectivity index is 1.79. The highest BCUT2D eigenvalue weighted by Crippen LogP contribution is 2.19. The average molecular weight is 596 g/mol. The van der Waals surface area contributed by atoms with E-state index in [0.29, 0.717) is 5.56 Å². The largest absolute Gasteiger partial charge is 0.508 e. The van der Waals surface area contributed by atoms with Crippen LogP contribution in [0.25, 0.3) is 10.9 Å². The molecule has 0 spiro atoms. The number of nitrogens with one attached hydrogen (secondary N) is 4. The third-order valence-electron chi connectivity index (χ3n) is 6.79. The molecule has 0 fully saturated rings. The second kappa shape index (κ2) is 14.8. The molecular formula is C30H37N5O8. The lowest BCUT2D eigenvalue weighted by Crippen LogP contribution is -2.58. The third-order valence-corrected chi connectivity index (χ3v) is 6.79.